The lowest BCUT2D eigenvalue weighted by Gasteiger charge is -2.36. The lowest BCUT2D eigenvalue weighted by molar-refractivity contribution is -0.115. The average Bonchev–Trinajstić information content (AvgIpc) is 2.96. The molecule has 0 fully saturated rings. The van der Waals surface area contributed by atoms with Gasteiger partial charge >= 0.3 is 0 Å². The Bertz CT molecular complexity index is 1380. The average molecular weight is 562 g/mol. The molecule has 1 N–H and O–H groups in total. The number of benzene rings is 3. The van der Waals surface area contributed by atoms with E-state index in [1.807, 2.05) is 44.2 Å². The zero-order chi connectivity index (χ0) is 29.5. The summed E-state index contributed by atoms with van der Waals surface area (Å²) in [6.07, 6.45) is -0.186. The van der Waals surface area contributed by atoms with Crippen molar-refractivity contribution >= 4 is 23.4 Å². The van der Waals surface area contributed by atoms with Crippen LogP contribution in [0.3, 0.4) is 0 Å². The first kappa shape index (κ1) is 29.7. The molecule has 0 radical (unpaired) electrons. The van der Waals surface area contributed by atoms with E-state index < -0.39 is 17.8 Å². The van der Waals surface area contributed by atoms with Crippen LogP contribution in [0.1, 0.15) is 40.1 Å². The number of hydrogen-bond acceptors (Lipinski definition) is 5. The summed E-state index contributed by atoms with van der Waals surface area (Å²) in [6, 6.07) is 19.7. The summed E-state index contributed by atoms with van der Waals surface area (Å²) in [5.41, 5.74) is 1.64. The number of carbonyl (C=O) groups is 3. The maximum Gasteiger partial charge on any atom is 0.257 e. The van der Waals surface area contributed by atoms with Gasteiger partial charge in [0.2, 0.25) is 5.91 Å². The van der Waals surface area contributed by atoms with Crippen molar-refractivity contribution in [2.24, 2.45) is 5.92 Å². The number of likely N-dealkylation sites (N-methyl/N-ethyl adjacent to an activating group) is 1. The third kappa shape index (κ3) is 7.29. The number of nitrogens with zero attached hydrogens (tertiary/aromatic N) is 2. The second-order valence-electron chi connectivity index (χ2n) is 10.5. The van der Waals surface area contributed by atoms with Crippen LogP contribution in [0.15, 0.2) is 72.8 Å². The number of anilines is 1. The van der Waals surface area contributed by atoms with Crippen LogP contribution in [0.2, 0.25) is 0 Å². The van der Waals surface area contributed by atoms with E-state index in [4.69, 9.17) is 9.47 Å². The Balaban J connectivity index is 1.64. The molecule has 1 heterocycles. The summed E-state index contributed by atoms with van der Waals surface area (Å²) < 4.78 is 26.5. The summed E-state index contributed by atoms with van der Waals surface area (Å²) in [4.78, 5) is 42.8. The van der Waals surface area contributed by atoms with Crippen LogP contribution in [-0.2, 0) is 16.0 Å². The maximum absolute atomic E-state index is 14.6. The Morgan fingerprint density at radius 1 is 1.02 bits per heavy atom. The van der Waals surface area contributed by atoms with Gasteiger partial charge in [0, 0.05) is 44.9 Å². The summed E-state index contributed by atoms with van der Waals surface area (Å²) in [7, 11) is 3.25. The summed E-state index contributed by atoms with van der Waals surface area (Å²) in [5.74, 6) is -1.42. The van der Waals surface area contributed by atoms with Crippen LogP contribution in [-0.4, -0.2) is 73.5 Å². The van der Waals surface area contributed by atoms with Crippen molar-refractivity contribution in [2.45, 2.75) is 32.4 Å². The third-order valence-electron chi connectivity index (χ3n) is 7.30. The number of methoxy groups -OCH3 is 1. The smallest absolute Gasteiger partial charge is 0.257 e. The molecule has 41 heavy (non-hydrogen) atoms. The number of rotatable bonds is 5. The fourth-order valence-corrected chi connectivity index (χ4v) is 4.91. The molecule has 0 saturated heterocycles. The van der Waals surface area contributed by atoms with Crippen LogP contribution in [0, 0.1) is 11.7 Å². The summed E-state index contributed by atoms with van der Waals surface area (Å²) in [5, 5.41) is 2.87. The number of fused-ring (bicyclic) bond motifs is 1. The van der Waals surface area contributed by atoms with Gasteiger partial charge in [-0.3, -0.25) is 14.4 Å². The SMILES string of the molecule is CO[C@H]1CN(C)C(=O)c2ccc(NC(=O)Cc3ccccc3)cc2OC[C@@H](C)N(C(=O)c2ccccc2F)C[C@H]1C. The first-order chi connectivity index (χ1) is 19.7. The minimum absolute atomic E-state index is 0.0243. The van der Waals surface area contributed by atoms with Crippen molar-refractivity contribution in [3.05, 3.63) is 95.3 Å². The van der Waals surface area contributed by atoms with E-state index in [0.29, 0.717) is 11.3 Å². The zero-order valence-electron chi connectivity index (χ0n) is 23.8. The standard InChI is InChI=1S/C32H36FN3O5/c1-21-18-36(32(39)25-12-8-9-13-27(25)33)22(2)20-41-28-17-24(34-30(37)16-23-10-6-5-7-11-23)14-15-26(28)31(38)35(3)19-29(21)40-4/h5-15,17,21-22,29H,16,18-20H2,1-4H3,(H,34,37)/t21-,22-,29+/m1/s1. The number of nitrogens with one attached hydrogen (secondary N) is 1. The fraction of sp³-hybridized carbons (Fsp3) is 0.344. The van der Waals surface area contributed by atoms with Crippen LogP contribution in [0.5, 0.6) is 5.75 Å². The molecule has 0 aliphatic carbocycles. The van der Waals surface area contributed by atoms with Crippen molar-refractivity contribution < 1.29 is 28.2 Å². The largest absolute Gasteiger partial charge is 0.491 e. The van der Waals surface area contributed by atoms with Crippen molar-refractivity contribution in [3.63, 3.8) is 0 Å². The Labute approximate surface area is 240 Å². The number of ether oxygens (including phenoxy) is 2. The molecular weight excluding hydrogens is 525 g/mol. The van der Waals surface area contributed by atoms with Gasteiger partial charge in [-0.15, -0.1) is 0 Å². The molecule has 3 atom stereocenters. The van der Waals surface area contributed by atoms with Gasteiger partial charge in [-0.05, 0) is 36.8 Å². The Morgan fingerprint density at radius 3 is 2.44 bits per heavy atom. The molecule has 3 aromatic rings. The van der Waals surface area contributed by atoms with Gasteiger partial charge in [0.05, 0.1) is 29.7 Å². The highest BCUT2D eigenvalue weighted by molar-refractivity contribution is 5.99. The number of halogens is 1. The topological polar surface area (TPSA) is 88.2 Å². The van der Waals surface area contributed by atoms with E-state index in [0.717, 1.165) is 5.56 Å². The number of amides is 3. The van der Waals surface area contributed by atoms with Crippen molar-refractivity contribution in [3.8, 4) is 5.75 Å². The maximum atomic E-state index is 14.6. The quantitative estimate of drug-likeness (QED) is 0.490. The summed E-state index contributed by atoms with van der Waals surface area (Å²) >= 11 is 0. The first-order valence-electron chi connectivity index (χ1n) is 13.6. The van der Waals surface area contributed by atoms with E-state index in [1.165, 1.54) is 12.1 Å². The molecule has 0 unspecified atom stereocenters. The first-order valence-corrected chi connectivity index (χ1v) is 13.6. The van der Waals surface area contributed by atoms with E-state index in [1.54, 1.807) is 54.3 Å². The molecule has 0 bridgehead atoms. The van der Waals surface area contributed by atoms with Crippen molar-refractivity contribution in [1.82, 2.24) is 9.80 Å². The minimum atomic E-state index is -0.598. The van der Waals surface area contributed by atoms with Crippen molar-refractivity contribution in [2.75, 3.05) is 39.2 Å². The van der Waals surface area contributed by atoms with Crippen LogP contribution >= 0.6 is 0 Å². The molecule has 216 valence electrons. The zero-order valence-corrected chi connectivity index (χ0v) is 23.8. The minimum Gasteiger partial charge on any atom is -0.491 e. The van der Waals surface area contributed by atoms with Gasteiger partial charge in [0.1, 0.15) is 18.2 Å². The molecule has 0 aromatic heterocycles. The normalized spacial score (nSPS) is 19.8. The van der Waals surface area contributed by atoms with Crippen LogP contribution < -0.4 is 10.1 Å². The van der Waals surface area contributed by atoms with Crippen molar-refractivity contribution in [1.29, 1.82) is 0 Å². The fourth-order valence-electron chi connectivity index (χ4n) is 4.91. The second kappa shape index (κ2) is 13.4. The molecule has 4 rings (SSSR count). The lowest BCUT2D eigenvalue weighted by atomic mass is 10.0. The van der Waals surface area contributed by atoms with Gasteiger partial charge < -0.3 is 24.6 Å². The van der Waals surface area contributed by atoms with Crippen LogP contribution in [0.25, 0.3) is 0 Å². The molecule has 1 aliphatic heterocycles. The molecule has 1 aliphatic rings. The predicted molar refractivity (Wildman–Crippen MR) is 155 cm³/mol. The highest BCUT2D eigenvalue weighted by Gasteiger charge is 2.31. The Hall–Kier alpha value is -4.24. The molecule has 3 aromatic carbocycles. The van der Waals surface area contributed by atoms with Gasteiger partial charge in [0.25, 0.3) is 11.8 Å². The molecular formula is C32H36FN3O5. The van der Waals surface area contributed by atoms with Gasteiger partial charge in [-0.25, -0.2) is 4.39 Å². The lowest BCUT2D eigenvalue weighted by Crippen LogP contribution is -2.48. The number of carbonyl (C=O) groups excluding carboxylic acids is 3. The Morgan fingerprint density at radius 2 is 1.73 bits per heavy atom. The molecule has 8 nitrogen and oxygen atoms in total. The van der Waals surface area contributed by atoms with Gasteiger partial charge in [-0.1, -0.05) is 49.4 Å². The van der Waals surface area contributed by atoms with E-state index in [2.05, 4.69) is 5.32 Å². The van der Waals surface area contributed by atoms with E-state index in [-0.39, 0.29) is 61.3 Å². The van der Waals surface area contributed by atoms with E-state index >= 15 is 0 Å². The highest BCUT2D eigenvalue weighted by atomic mass is 19.1. The van der Waals surface area contributed by atoms with Gasteiger partial charge in [0.15, 0.2) is 0 Å². The summed E-state index contributed by atoms with van der Waals surface area (Å²) in [6.45, 7) is 4.32. The third-order valence-corrected chi connectivity index (χ3v) is 7.30. The van der Waals surface area contributed by atoms with Crippen LogP contribution in [0.4, 0.5) is 10.1 Å². The molecule has 9 heteroatoms. The predicted octanol–water partition coefficient (Wildman–Crippen LogP) is 4.65. The Kier molecular flexibility index (Phi) is 9.73. The van der Waals surface area contributed by atoms with E-state index in [9.17, 15) is 18.8 Å². The second-order valence-corrected chi connectivity index (χ2v) is 10.5. The molecule has 3 amide bonds. The highest BCUT2D eigenvalue weighted by Crippen LogP contribution is 2.27. The molecule has 0 saturated carbocycles. The molecule has 0 spiro atoms. The number of hydrogen-bond donors (Lipinski definition) is 1. The van der Waals surface area contributed by atoms with Gasteiger partial charge in [-0.2, -0.15) is 0 Å². The monoisotopic (exact) mass is 561 g/mol.